The van der Waals surface area contributed by atoms with E-state index in [9.17, 15) is 0 Å². The summed E-state index contributed by atoms with van der Waals surface area (Å²) in [6.07, 6.45) is 1.09. The molecule has 0 unspecified atom stereocenters. The van der Waals surface area contributed by atoms with Crippen molar-refractivity contribution in [2.45, 2.75) is 78.0 Å². The predicted molar refractivity (Wildman–Crippen MR) is 93.7 cm³/mol. The average molecular weight is 315 g/mol. The molecule has 0 aliphatic heterocycles. The second-order valence-corrected chi connectivity index (χ2v) is 9.77. The third-order valence-electron chi connectivity index (χ3n) is 2.74. The van der Waals surface area contributed by atoms with Gasteiger partial charge in [-0.3, -0.25) is 0 Å². The number of hydrogen-bond donors (Lipinski definition) is 1. The van der Waals surface area contributed by atoms with Crippen molar-refractivity contribution in [3.8, 4) is 0 Å². The van der Waals surface area contributed by atoms with Crippen LogP contribution in [0.3, 0.4) is 0 Å². The number of hydrogen-bond acceptors (Lipinski definition) is 4. The number of thiazole rings is 1. The molecule has 1 heterocycles. The molecule has 4 heteroatoms. The normalized spacial score (nSPS) is 12.7. The Morgan fingerprint density at radius 3 is 2.35 bits per heavy atom. The molecule has 0 atom stereocenters. The van der Waals surface area contributed by atoms with Crippen LogP contribution in [0.5, 0.6) is 0 Å². The van der Waals surface area contributed by atoms with Crippen LogP contribution in [0.4, 0.5) is 0 Å². The van der Waals surface area contributed by atoms with Crippen molar-refractivity contribution < 1.29 is 0 Å². The van der Waals surface area contributed by atoms with Gasteiger partial charge in [0.15, 0.2) is 0 Å². The highest BCUT2D eigenvalue weighted by molar-refractivity contribution is 7.99. The summed E-state index contributed by atoms with van der Waals surface area (Å²) in [5.41, 5.74) is 1.47. The fourth-order valence-corrected chi connectivity index (χ4v) is 3.58. The van der Waals surface area contributed by atoms with Gasteiger partial charge in [0, 0.05) is 22.7 Å². The van der Waals surface area contributed by atoms with Gasteiger partial charge in [-0.1, -0.05) is 27.7 Å². The van der Waals surface area contributed by atoms with E-state index in [1.54, 1.807) is 0 Å². The maximum Gasteiger partial charge on any atom is 0.103 e. The largest absolute Gasteiger partial charge is 0.307 e. The third kappa shape index (κ3) is 7.09. The van der Waals surface area contributed by atoms with Gasteiger partial charge in [0.2, 0.25) is 0 Å². The quantitative estimate of drug-likeness (QED) is 0.777. The minimum absolute atomic E-state index is 0.159. The summed E-state index contributed by atoms with van der Waals surface area (Å²) >= 11 is 3.87. The molecule has 1 aromatic heterocycles. The van der Waals surface area contributed by atoms with Gasteiger partial charge in [-0.2, -0.15) is 11.8 Å². The molecule has 1 N–H and O–H groups in total. The molecule has 1 rings (SSSR count). The summed E-state index contributed by atoms with van der Waals surface area (Å²) < 4.78 is 0. The Morgan fingerprint density at radius 1 is 1.20 bits per heavy atom. The Kier molecular flexibility index (Phi) is 7.02. The van der Waals surface area contributed by atoms with Gasteiger partial charge in [-0.05, 0) is 38.4 Å². The first-order valence-electron chi connectivity index (χ1n) is 7.51. The van der Waals surface area contributed by atoms with E-state index in [-0.39, 0.29) is 5.54 Å². The zero-order valence-corrected chi connectivity index (χ0v) is 15.7. The minimum atomic E-state index is 0.159. The topological polar surface area (TPSA) is 24.9 Å². The van der Waals surface area contributed by atoms with Crippen LogP contribution in [0.15, 0.2) is 0 Å². The molecule has 0 saturated carbocycles. The molecule has 0 spiro atoms. The fraction of sp³-hybridized carbons (Fsp3) is 0.812. The van der Waals surface area contributed by atoms with E-state index < -0.39 is 0 Å². The Bertz CT molecular complexity index is 403. The Morgan fingerprint density at radius 2 is 1.85 bits per heavy atom. The molecule has 0 aromatic carbocycles. The van der Waals surface area contributed by atoms with E-state index in [0.717, 1.165) is 18.7 Å². The van der Waals surface area contributed by atoms with E-state index in [1.807, 2.05) is 23.1 Å². The lowest BCUT2D eigenvalue weighted by Crippen LogP contribution is -2.35. The lowest BCUT2D eigenvalue weighted by molar-refractivity contribution is 0.425. The standard InChI is InChI=1S/C16H30N2S2/c1-11(2)8-13-14(9-17-16(5,6)7)20-15(18-13)10-19-12(3)4/h11-12,17H,8-10H2,1-7H3. The zero-order valence-electron chi connectivity index (χ0n) is 14.0. The van der Waals surface area contributed by atoms with Gasteiger partial charge in [0.25, 0.3) is 0 Å². The molecule has 20 heavy (non-hydrogen) atoms. The summed E-state index contributed by atoms with van der Waals surface area (Å²) in [7, 11) is 0. The maximum atomic E-state index is 4.88. The lowest BCUT2D eigenvalue weighted by atomic mass is 10.1. The summed E-state index contributed by atoms with van der Waals surface area (Å²) in [6.45, 7) is 16.6. The van der Waals surface area contributed by atoms with Crippen molar-refractivity contribution in [3.05, 3.63) is 15.6 Å². The summed E-state index contributed by atoms with van der Waals surface area (Å²) in [5, 5.41) is 5.55. The van der Waals surface area contributed by atoms with Crippen LogP contribution < -0.4 is 5.32 Å². The third-order valence-corrected chi connectivity index (χ3v) is 5.13. The van der Waals surface area contributed by atoms with Crippen molar-refractivity contribution in [1.29, 1.82) is 0 Å². The zero-order chi connectivity index (χ0) is 15.3. The van der Waals surface area contributed by atoms with Gasteiger partial charge in [-0.15, -0.1) is 11.3 Å². The number of rotatable bonds is 7. The molecule has 0 amide bonds. The molecule has 0 radical (unpaired) electrons. The summed E-state index contributed by atoms with van der Waals surface area (Å²) in [6, 6.07) is 0. The van der Waals surface area contributed by atoms with Crippen LogP contribution in [0.1, 0.15) is 64.0 Å². The minimum Gasteiger partial charge on any atom is -0.307 e. The Hall–Kier alpha value is -0.0600. The van der Waals surface area contributed by atoms with Crippen molar-refractivity contribution in [1.82, 2.24) is 10.3 Å². The van der Waals surface area contributed by atoms with Crippen LogP contribution in [-0.2, 0) is 18.7 Å². The van der Waals surface area contributed by atoms with Crippen molar-refractivity contribution in [2.75, 3.05) is 0 Å². The molecule has 0 bridgehead atoms. The van der Waals surface area contributed by atoms with Gasteiger partial charge < -0.3 is 5.32 Å². The molecule has 0 fully saturated rings. The second kappa shape index (κ2) is 7.81. The van der Waals surface area contributed by atoms with Crippen molar-refractivity contribution in [3.63, 3.8) is 0 Å². The first-order valence-corrected chi connectivity index (χ1v) is 9.38. The van der Waals surface area contributed by atoms with Gasteiger partial charge in [0.1, 0.15) is 5.01 Å². The van der Waals surface area contributed by atoms with Gasteiger partial charge in [0.05, 0.1) is 5.69 Å². The number of nitrogens with zero attached hydrogens (tertiary/aromatic N) is 1. The molecule has 0 aliphatic rings. The lowest BCUT2D eigenvalue weighted by Gasteiger charge is -2.20. The van der Waals surface area contributed by atoms with E-state index in [4.69, 9.17) is 4.98 Å². The van der Waals surface area contributed by atoms with Gasteiger partial charge >= 0.3 is 0 Å². The SMILES string of the molecule is CC(C)Cc1nc(CSC(C)C)sc1CNC(C)(C)C. The predicted octanol–water partition coefficient (Wildman–Crippen LogP) is 4.87. The van der Waals surface area contributed by atoms with E-state index in [1.165, 1.54) is 15.6 Å². The highest BCUT2D eigenvalue weighted by atomic mass is 32.2. The molecule has 0 saturated heterocycles. The maximum absolute atomic E-state index is 4.88. The molecule has 0 aliphatic carbocycles. The Balaban J connectivity index is 2.77. The van der Waals surface area contributed by atoms with Crippen LogP contribution in [0.25, 0.3) is 0 Å². The van der Waals surface area contributed by atoms with E-state index in [0.29, 0.717) is 11.2 Å². The smallest absolute Gasteiger partial charge is 0.103 e. The highest BCUT2D eigenvalue weighted by Crippen LogP contribution is 2.26. The first kappa shape index (κ1) is 18.0. The van der Waals surface area contributed by atoms with Crippen LogP contribution in [0.2, 0.25) is 0 Å². The summed E-state index contributed by atoms with van der Waals surface area (Å²) in [5.74, 6) is 1.71. The van der Waals surface area contributed by atoms with Crippen LogP contribution in [-0.4, -0.2) is 15.8 Å². The second-order valence-electron chi connectivity index (χ2n) is 7.04. The fourth-order valence-electron chi connectivity index (χ4n) is 1.77. The first-order chi connectivity index (χ1) is 9.17. The van der Waals surface area contributed by atoms with Crippen molar-refractivity contribution in [2.24, 2.45) is 5.92 Å². The van der Waals surface area contributed by atoms with E-state index >= 15 is 0 Å². The monoisotopic (exact) mass is 314 g/mol. The summed E-state index contributed by atoms with van der Waals surface area (Å²) in [4.78, 5) is 6.30. The van der Waals surface area contributed by atoms with Crippen LogP contribution >= 0.6 is 23.1 Å². The Labute approximate surface area is 133 Å². The number of aromatic nitrogens is 1. The van der Waals surface area contributed by atoms with E-state index in [2.05, 4.69) is 53.8 Å². The molecule has 2 nitrogen and oxygen atoms in total. The van der Waals surface area contributed by atoms with Crippen molar-refractivity contribution >= 4 is 23.1 Å². The van der Waals surface area contributed by atoms with Gasteiger partial charge in [-0.25, -0.2) is 4.98 Å². The highest BCUT2D eigenvalue weighted by Gasteiger charge is 2.16. The molecular formula is C16H30N2S2. The average Bonchev–Trinajstić information content (AvgIpc) is 2.64. The van der Waals surface area contributed by atoms with Crippen LogP contribution in [0, 0.1) is 5.92 Å². The molecule has 116 valence electrons. The number of nitrogens with one attached hydrogen (secondary N) is 1. The molecule has 1 aromatic rings. The molecular weight excluding hydrogens is 284 g/mol. The number of thioether (sulfide) groups is 1.